The van der Waals surface area contributed by atoms with Crippen LogP contribution in [-0.4, -0.2) is 96.7 Å². The van der Waals surface area contributed by atoms with Gasteiger partial charge in [-0.3, -0.25) is 37.3 Å². The minimum Gasteiger partial charge on any atom is -0.462 e. The number of ether oxygens (including phenoxy) is 4. The molecule has 0 aliphatic heterocycles. The largest absolute Gasteiger partial charge is 0.472 e. The van der Waals surface area contributed by atoms with E-state index in [0.29, 0.717) is 25.7 Å². The molecule has 2 unspecified atom stereocenters. The molecular weight excluding hydrogens is 1340 g/mol. The highest BCUT2D eigenvalue weighted by molar-refractivity contribution is 7.47. The molecular formula is C84H164O17P2. The third-order valence-corrected chi connectivity index (χ3v) is 21.8. The molecule has 0 spiro atoms. The van der Waals surface area contributed by atoms with Crippen LogP contribution >= 0.6 is 15.6 Å². The summed E-state index contributed by atoms with van der Waals surface area (Å²) in [6.45, 7) is 5.02. The molecule has 0 amide bonds. The molecule has 0 aliphatic rings. The van der Waals surface area contributed by atoms with Crippen molar-refractivity contribution in [1.29, 1.82) is 0 Å². The molecule has 5 atom stereocenters. The maximum Gasteiger partial charge on any atom is 0.472 e. The van der Waals surface area contributed by atoms with Gasteiger partial charge in [0.1, 0.15) is 19.3 Å². The van der Waals surface area contributed by atoms with Crippen LogP contribution in [0.5, 0.6) is 0 Å². The van der Waals surface area contributed by atoms with Crippen molar-refractivity contribution in [2.45, 2.75) is 476 Å². The van der Waals surface area contributed by atoms with Crippen molar-refractivity contribution in [2.75, 3.05) is 39.6 Å². The molecule has 0 aliphatic carbocycles. The van der Waals surface area contributed by atoms with E-state index in [2.05, 4.69) is 27.7 Å². The fraction of sp³-hybridized carbons (Fsp3) is 0.952. The molecule has 0 aromatic carbocycles. The Balaban J connectivity index is 5.18. The van der Waals surface area contributed by atoms with E-state index in [-0.39, 0.29) is 25.7 Å². The second-order valence-electron chi connectivity index (χ2n) is 30.2. The molecule has 0 saturated carbocycles. The van der Waals surface area contributed by atoms with Crippen molar-refractivity contribution in [3.63, 3.8) is 0 Å². The molecule has 103 heavy (non-hydrogen) atoms. The predicted octanol–water partition coefficient (Wildman–Crippen LogP) is 25.7. The smallest absolute Gasteiger partial charge is 0.462 e. The van der Waals surface area contributed by atoms with Crippen molar-refractivity contribution in [1.82, 2.24) is 0 Å². The van der Waals surface area contributed by atoms with E-state index < -0.39 is 97.5 Å². The number of carbonyl (C=O) groups excluding carboxylic acids is 4. The fourth-order valence-corrected chi connectivity index (χ4v) is 14.7. The summed E-state index contributed by atoms with van der Waals surface area (Å²) in [5.74, 6) is -2.10. The molecule has 0 aromatic heterocycles. The van der Waals surface area contributed by atoms with Crippen LogP contribution < -0.4 is 0 Å². The number of aliphatic hydroxyl groups is 1. The second kappa shape index (κ2) is 78.2. The van der Waals surface area contributed by atoms with Crippen molar-refractivity contribution in [3.05, 3.63) is 0 Å². The standard InChI is InChI=1S/C84H164O17P2/c1-5-9-13-17-21-25-28-31-34-37-38-39-40-43-46-49-52-55-59-63-67-71-84(89)101-80(75-95-82(87)69-65-61-57-53-50-47-44-41-35-32-29-26-22-18-14-10-6-2)77-99-103(92,93)97-73-78(85)72-96-102(90,91)98-76-79(74-94-81(86)68-64-60-56-24-20-16-12-8-4)100-83(88)70-66-62-58-54-51-48-45-42-36-33-30-27-23-19-15-11-7-3/h78-80,85H,5-77H2,1-4H3,(H,90,91)(H,92,93)/t78-,79+,80+/m0/s1. The molecule has 0 bridgehead atoms. The van der Waals surface area contributed by atoms with E-state index in [1.54, 1.807) is 0 Å². The van der Waals surface area contributed by atoms with Crippen molar-refractivity contribution < 1.29 is 80.2 Å². The summed E-state index contributed by atoms with van der Waals surface area (Å²) >= 11 is 0. The van der Waals surface area contributed by atoms with Gasteiger partial charge in [0.15, 0.2) is 12.2 Å². The van der Waals surface area contributed by atoms with Crippen LogP contribution in [0.25, 0.3) is 0 Å². The highest BCUT2D eigenvalue weighted by Gasteiger charge is 2.30. The summed E-state index contributed by atoms with van der Waals surface area (Å²) in [5, 5.41) is 10.7. The molecule has 0 heterocycles. The van der Waals surface area contributed by atoms with E-state index in [1.165, 1.54) is 289 Å². The monoisotopic (exact) mass is 1510 g/mol. The van der Waals surface area contributed by atoms with Crippen molar-refractivity contribution in [3.8, 4) is 0 Å². The Hall–Kier alpha value is -1.94. The van der Waals surface area contributed by atoms with Crippen LogP contribution in [-0.2, 0) is 65.4 Å². The third kappa shape index (κ3) is 78.0. The Morgan fingerprint density at radius 3 is 0.573 bits per heavy atom. The average molecular weight is 1510 g/mol. The van der Waals surface area contributed by atoms with Crippen LogP contribution in [0.15, 0.2) is 0 Å². The van der Waals surface area contributed by atoms with Gasteiger partial charge in [-0.05, 0) is 25.7 Å². The van der Waals surface area contributed by atoms with Crippen LogP contribution in [0.3, 0.4) is 0 Å². The summed E-state index contributed by atoms with van der Waals surface area (Å²) in [4.78, 5) is 73.0. The average Bonchev–Trinajstić information content (AvgIpc) is 0.921. The first-order chi connectivity index (χ1) is 50.2. The number of unbranched alkanes of at least 4 members (excludes halogenated alkanes) is 59. The van der Waals surface area contributed by atoms with Crippen LogP contribution in [0, 0.1) is 0 Å². The van der Waals surface area contributed by atoms with E-state index >= 15 is 0 Å². The first kappa shape index (κ1) is 101. The molecule has 0 fully saturated rings. The molecule has 612 valence electrons. The summed E-state index contributed by atoms with van der Waals surface area (Å²) in [7, 11) is -9.92. The summed E-state index contributed by atoms with van der Waals surface area (Å²) < 4.78 is 68.8. The van der Waals surface area contributed by atoms with E-state index in [1.807, 2.05) is 0 Å². The van der Waals surface area contributed by atoms with E-state index in [4.69, 9.17) is 37.0 Å². The number of rotatable bonds is 85. The van der Waals surface area contributed by atoms with Crippen molar-refractivity contribution in [2.24, 2.45) is 0 Å². The van der Waals surface area contributed by atoms with Crippen LogP contribution in [0.1, 0.15) is 458 Å². The number of phosphoric ester groups is 2. The Morgan fingerprint density at radius 2 is 0.388 bits per heavy atom. The number of hydrogen-bond donors (Lipinski definition) is 3. The van der Waals surface area contributed by atoms with Crippen molar-refractivity contribution >= 4 is 39.5 Å². The van der Waals surface area contributed by atoms with Gasteiger partial charge in [0.05, 0.1) is 26.4 Å². The van der Waals surface area contributed by atoms with Gasteiger partial charge in [-0.25, -0.2) is 9.13 Å². The van der Waals surface area contributed by atoms with E-state index in [9.17, 15) is 43.2 Å². The molecule has 0 saturated heterocycles. The zero-order valence-electron chi connectivity index (χ0n) is 67.3. The summed E-state index contributed by atoms with van der Waals surface area (Å²) in [6.07, 6.45) is 72.3. The molecule has 3 N–H and O–H groups in total. The molecule has 0 radical (unpaired) electrons. The number of hydrogen-bond acceptors (Lipinski definition) is 15. The lowest BCUT2D eigenvalue weighted by molar-refractivity contribution is -0.161. The maximum atomic E-state index is 13.1. The molecule has 0 aromatic rings. The zero-order chi connectivity index (χ0) is 75.3. The number of phosphoric acid groups is 2. The van der Waals surface area contributed by atoms with Gasteiger partial charge < -0.3 is 33.8 Å². The fourth-order valence-electron chi connectivity index (χ4n) is 13.2. The molecule has 17 nitrogen and oxygen atoms in total. The maximum absolute atomic E-state index is 13.1. The highest BCUT2D eigenvalue weighted by atomic mass is 31.2. The molecule has 19 heteroatoms. The normalized spacial score (nSPS) is 13.7. The first-order valence-electron chi connectivity index (χ1n) is 43.8. The number of esters is 4. The lowest BCUT2D eigenvalue weighted by Gasteiger charge is -2.21. The molecule has 0 rings (SSSR count). The van der Waals surface area contributed by atoms with Gasteiger partial charge in [-0.15, -0.1) is 0 Å². The topological polar surface area (TPSA) is 237 Å². The van der Waals surface area contributed by atoms with E-state index in [0.717, 1.165) is 89.9 Å². The predicted molar refractivity (Wildman–Crippen MR) is 423 cm³/mol. The minimum atomic E-state index is -4.96. The highest BCUT2D eigenvalue weighted by Crippen LogP contribution is 2.45. The van der Waals surface area contributed by atoms with Crippen LogP contribution in [0.4, 0.5) is 0 Å². The summed E-state index contributed by atoms with van der Waals surface area (Å²) in [5.41, 5.74) is 0. The van der Waals surface area contributed by atoms with Gasteiger partial charge in [0, 0.05) is 25.7 Å². The van der Waals surface area contributed by atoms with Gasteiger partial charge >= 0.3 is 39.5 Å². The first-order valence-corrected chi connectivity index (χ1v) is 46.8. The third-order valence-electron chi connectivity index (χ3n) is 19.9. The Morgan fingerprint density at radius 1 is 0.233 bits per heavy atom. The zero-order valence-corrected chi connectivity index (χ0v) is 69.1. The summed E-state index contributed by atoms with van der Waals surface area (Å²) in [6, 6.07) is 0. The Labute approximate surface area is 632 Å². The number of carbonyl (C=O) groups is 4. The Bertz CT molecular complexity index is 1950. The minimum absolute atomic E-state index is 0.109. The lowest BCUT2D eigenvalue weighted by atomic mass is 10.0. The Kier molecular flexibility index (Phi) is 76.7. The van der Waals surface area contributed by atoms with Gasteiger partial charge in [0.2, 0.25) is 0 Å². The number of aliphatic hydroxyl groups excluding tert-OH is 1. The van der Waals surface area contributed by atoms with Gasteiger partial charge in [-0.2, -0.15) is 0 Å². The van der Waals surface area contributed by atoms with Crippen LogP contribution in [0.2, 0.25) is 0 Å². The quantitative estimate of drug-likeness (QED) is 0.0222. The SMILES string of the molecule is CCCCCCCCCCCCCCCCCCCCCCCC(=O)O[C@H](COC(=O)CCCCCCCCCCCCCCCCCCC)COP(=O)(O)OC[C@@H](O)COP(=O)(O)OC[C@@H](COC(=O)CCCCCCCCCC)OC(=O)CCCCCCCCCCCCCCCCCCC. The van der Waals surface area contributed by atoms with Gasteiger partial charge in [0.25, 0.3) is 0 Å². The second-order valence-corrected chi connectivity index (χ2v) is 33.1. The lowest BCUT2D eigenvalue weighted by Crippen LogP contribution is -2.30. The van der Waals surface area contributed by atoms with Gasteiger partial charge in [-0.1, -0.05) is 407 Å².